The molecule has 4 unspecified atom stereocenters. The third-order valence-corrected chi connectivity index (χ3v) is 5.47. The summed E-state index contributed by atoms with van der Waals surface area (Å²) in [5.74, 6) is 0.902. The molecular weight excluding hydrogens is 236 g/mol. The van der Waals surface area contributed by atoms with Gasteiger partial charge in [-0.05, 0) is 64.0 Å². The Kier molecular flexibility index (Phi) is 4.78. The summed E-state index contributed by atoms with van der Waals surface area (Å²) in [6.07, 6.45) is 9.84. The van der Waals surface area contributed by atoms with E-state index in [1.54, 1.807) is 0 Å². The van der Waals surface area contributed by atoms with E-state index >= 15 is 0 Å². The molecule has 3 rings (SSSR count). The minimum Gasteiger partial charge on any atom is -0.378 e. The smallest absolute Gasteiger partial charge is 0.0587 e. The molecule has 0 aromatic carbocycles. The molecule has 110 valence electrons. The average Bonchev–Trinajstić information content (AvgIpc) is 3.02. The van der Waals surface area contributed by atoms with Crippen molar-refractivity contribution in [1.29, 1.82) is 0 Å². The lowest BCUT2D eigenvalue weighted by Crippen LogP contribution is -2.50. The van der Waals surface area contributed by atoms with Gasteiger partial charge in [-0.25, -0.2) is 0 Å². The van der Waals surface area contributed by atoms with Gasteiger partial charge < -0.3 is 10.1 Å². The Hall–Kier alpha value is -0.120. The quantitative estimate of drug-likeness (QED) is 0.849. The maximum absolute atomic E-state index is 5.84. The Morgan fingerprint density at radius 3 is 2.95 bits per heavy atom. The van der Waals surface area contributed by atoms with Gasteiger partial charge in [0.05, 0.1) is 6.10 Å². The highest BCUT2D eigenvalue weighted by molar-refractivity contribution is 4.89. The molecule has 3 nitrogen and oxygen atoms in total. The fraction of sp³-hybridized carbons (Fsp3) is 1.00. The lowest BCUT2D eigenvalue weighted by Gasteiger charge is -2.43. The summed E-state index contributed by atoms with van der Waals surface area (Å²) in [5.41, 5.74) is 0. The molecule has 0 radical (unpaired) electrons. The van der Waals surface area contributed by atoms with Gasteiger partial charge in [0.2, 0.25) is 0 Å². The van der Waals surface area contributed by atoms with Gasteiger partial charge in [-0.1, -0.05) is 6.92 Å². The van der Waals surface area contributed by atoms with Gasteiger partial charge in [0.15, 0.2) is 0 Å². The lowest BCUT2D eigenvalue weighted by atomic mass is 9.87. The zero-order valence-corrected chi connectivity index (χ0v) is 12.4. The first-order valence-electron chi connectivity index (χ1n) is 8.46. The standard InChI is InChI=1S/C16H30N2O/c1-2-15-11-14(7-10-19-15)18-9-4-5-13(12-18)16-6-3-8-17-16/h13-17H,2-12H2,1H3. The summed E-state index contributed by atoms with van der Waals surface area (Å²) < 4.78 is 5.84. The average molecular weight is 266 g/mol. The second kappa shape index (κ2) is 6.55. The van der Waals surface area contributed by atoms with Crippen molar-refractivity contribution in [3.63, 3.8) is 0 Å². The molecule has 0 aromatic heterocycles. The molecule has 3 saturated heterocycles. The van der Waals surface area contributed by atoms with Gasteiger partial charge in [-0.15, -0.1) is 0 Å². The summed E-state index contributed by atoms with van der Waals surface area (Å²) in [4.78, 5) is 2.79. The monoisotopic (exact) mass is 266 g/mol. The van der Waals surface area contributed by atoms with Gasteiger partial charge in [0.25, 0.3) is 0 Å². The molecule has 0 aliphatic carbocycles. The highest BCUT2D eigenvalue weighted by Gasteiger charge is 2.33. The van der Waals surface area contributed by atoms with Crippen LogP contribution in [0.2, 0.25) is 0 Å². The summed E-state index contributed by atoms with van der Waals surface area (Å²) in [7, 11) is 0. The number of hydrogen-bond donors (Lipinski definition) is 1. The predicted molar refractivity (Wildman–Crippen MR) is 78.4 cm³/mol. The SMILES string of the molecule is CCC1CC(N2CCCC(C3CCCN3)C2)CCO1. The van der Waals surface area contributed by atoms with E-state index < -0.39 is 0 Å². The normalized spacial score (nSPS) is 41.5. The van der Waals surface area contributed by atoms with Crippen LogP contribution in [0.5, 0.6) is 0 Å². The largest absolute Gasteiger partial charge is 0.378 e. The third kappa shape index (κ3) is 3.32. The molecular formula is C16H30N2O. The highest BCUT2D eigenvalue weighted by Crippen LogP contribution is 2.29. The molecule has 1 N–H and O–H groups in total. The van der Waals surface area contributed by atoms with Crippen LogP contribution in [0.15, 0.2) is 0 Å². The van der Waals surface area contributed by atoms with Crippen molar-refractivity contribution in [2.75, 3.05) is 26.2 Å². The van der Waals surface area contributed by atoms with Crippen molar-refractivity contribution >= 4 is 0 Å². The van der Waals surface area contributed by atoms with Gasteiger partial charge in [-0.3, -0.25) is 4.90 Å². The number of likely N-dealkylation sites (tertiary alicyclic amines) is 1. The van der Waals surface area contributed by atoms with Crippen molar-refractivity contribution in [3.05, 3.63) is 0 Å². The van der Waals surface area contributed by atoms with E-state index in [-0.39, 0.29) is 0 Å². The van der Waals surface area contributed by atoms with Crippen LogP contribution in [0.3, 0.4) is 0 Å². The zero-order valence-electron chi connectivity index (χ0n) is 12.4. The Balaban J connectivity index is 1.55. The maximum atomic E-state index is 5.84. The van der Waals surface area contributed by atoms with E-state index in [0.29, 0.717) is 6.10 Å². The molecule has 0 saturated carbocycles. The minimum absolute atomic E-state index is 0.517. The number of rotatable bonds is 3. The molecule has 0 spiro atoms. The molecule has 3 fully saturated rings. The number of nitrogens with zero attached hydrogens (tertiary/aromatic N) is 1. The third-order valence-electron chi connectivity index (χ3n) is 5.47. The molecule has 0 amide bonds. The first-order valence-corrected chi connectivity index (χ1v) is 8.46. The maximum Gasteiger partial charge on any atom is 0.0587 e. The molecule has 0 aromatic rings. The summed E-state index contributed by atoms with van der Waals surface area (Å²) >= 11 is 0. The van der Waals surface area contributed by atoms with E-state index in [9.17, 15) is 0 Å². The fourth-order valence-electron chi connectivity index (χ4n) is 4.29. The fourth-order valence-corrected chi connectivity index (χ4v) is 4.29. The second-order valence-electron chi connectivity index (χ2n) is 6.68. The zero-order chi connectivity index (χ0) is 13.1. The molecule has 3 heterocycles. The van der Waals surface area contributed by atoms with Crippen LogP contribution < -0.4 is 5.32 Å². The first-order chi connectivity index (χ1) is 9.36. The molecule has 3 aliphatic heterocycles. The topological polar surface area (TPSA) is 24.5 Å². The van der Waals surface area contributed by atoms with Gasteiger partial charge in [-0.2, -0.15) is 0 Å². The van der Waals surface area contributed by atoms with Crippen molar-refractivity contribution in [2.24, 2.45) is 5.92 Å². The number of nitrogens with one attached hydrogen (secondary N) is 1. The van der Waals surface area contributed by atoms with Gasteiger partial charge >= 0.3 is 0 Å². The molecule has 19 heavy (non-hydrogen) atoms. The number of ether oxygens (including phenoxy) is 1. The van der Waals surface area contributed by atoms with Crippen LogP contribution in [-0.2, 0) is 4.74 Å². The van der Waals surface area contributed by atoms with Crippen molar-refractivity contribution in [3.8, 4) is 0 Å². The number of hydrogen-bond acceptors (Lipinski definition) is 3. The summed E-state index contributed by atoms with van der Waals surface area (Å²) in [6, 6.07) is 1.60. The second-order valence-corrected chi connectivity index (χ2v) is 6.68. The van der Waals surface area contributed by atoms with Crippen molar-refractivity contribution < 1.29 is 4.74 Å². The Bertz CT molecular complexity index is 278. The van der Waals surface area contributed by atoms with Crippen molar-refractivity contribution in [2.45, 2.75) is 70.1 Å². The molecule has 0 bridgehead atoms. The first kappa shape index (κ1) is 13.8. The predicted octanol–water partition coefficient (Wildman–Crippen LogP) is 2.41. The van der Waals surface area contributed by atoms with Gasteiger partial charge in [0.1, 0.15) is 0 Å². The molecule has 3 heteroatoms. The molecule has 4 atom stereocenters. The van der Waals surface area contributed by atoms with Crippen LogP contribution in [0.4, 0.5) is 0 Å². The minimum atomic E-state index is 0.517. The molecule has 3 aliphatic rings. The summed E-state index contributed by atoms with van der Waals surface area (Å²) in [5, 5.41) is 3.72. The van der Waals surface area contributed by atoms with Crippen LogP contribution in [0.1, 0.15) is 51.9 Å². The van der Waals surface area contributed by atoms with E-state index in [1.165, 1.54) is 64.6 Å². The Labute approximate surface area is 118 Å². The van der Waals surface area contributed by atoms with Crippen molar-refractivity contribution in [1.82, 2.24) is 10.2 Å². The van der Waals surface area contributed by atoms with E-state index in [0.717, 1.165) is 24.6 Å². The number of piperidine rings is 1. The summed E-state index contributed by atoms with van der Waals surface area (Å²) in [6.45, 7) is 7.14. The lowest BCUT2D eigenvalue weighted by molar-refractivity contribution is -0.0379. The van der Waals surface area contributed by atoms with Gasteiger partial charge in [0, 0.05) is 25.2 Å². The van der Waals surface area contributed by atoms with E-state index in [1.807, 2.05) is 0 Å². The Morgan fingerprint density at radius 1 is 1.21 bits per heavy atom. The van der Waals surface area contributed by atoms with Crippen LogP contribution in [0, 0.1) is 5.92 Å². The van der Waals surface area contributed by atoms with E-state index in [4.69, 9.17) is 4.74 Å². The van der Waals surface area contributed by atoms with Crippen LogP contribution in [0.25, 0.3) is 0 Å². The van der Waals surface area contributed by atoms with Crippen LogP contribution >= 0.6 is 0 Å². The Morgan fingerprint density at radius 2 is 2.16 bits per heavy atom. The van der Waals surface area contributed by atoms with Crippen LogP contribution in [-0.4, -0.2) is 49.3 Å². The highest BCUT2D eigenvalue weighted by atomic mass is 16.5. The van der Waals surface area contributed by atoms with E-state index in [2.05, 4.69) is 17.1 Å².